The van der Waals surface area contributed by atoms with Crippen LogP contribution in [0.1, 0.15) is 85.1 Å². The average molecular weight is 724 g/mol. The SMILES string of the molecule is C=C[C@@H]1C[C@]1(NC(=O)[C@@H]1C[C@@H]2CN1C(=O)[C@H](C(C)(C)C)NC(=O)OC(C)(C)CCCCc1ccc3ccnc(c3c1)O2)C(=O)NS(=O)(=O)C1CC1. The first-order valence-electron chi connectivity index (χ1n) is 17.8. The van der Waals surface area contributed by atoms with Crippen molar-refractivity contribution in [3.05, 3.63) is 48.7 Å². The minimum absolute atomic E-state index is 0.0103. The molecule has 4 bridgehead atoms. The van der Waals surface area contributed by atoms with Gasteiger partial charge in [0.25, 0.3) is 5.91 Å². The highest BCUT2D eigenvalue weighted by molar-refractivity contribution is 7.91. The number of benzene rings is 1. The Hall–Kier alpha value is -4.20. The Kier molecular flexibility index (Phi) is 9.62. The number of carbonyl (C=O) groups is 4. The molecule has 4 aliphatic rings. The Morgan fingerprint density at radius 1 is 1.14 bits per heavy atom. The van der Waals surface area contributed by atoms with Gasteiger partial charge in [-0.15, -0.1) is 6.58 Å². The largest absolute Gasteiger partial charge is 0.472 e. The maximum atomic E-state index is 14.5. The van der Waals surface area contributed by atoms with E-state index in [0.717, 1.165) is 35.6 Å². The number of sulfonamides is 1. The van der Waals surface area contributed by atoms with Gasteiger partial charge in [0.05, 0.1) is 11.8 Å². The molecule has 2 aliphatic carbocycles. The summed E-state index contributed by atoms with van der Waals surface area (Å²) >= 11 is 0. The summed E-state index contributed by atoms with van der Waals surface area (Å²) in [4.78, 5) is 61.5. The lowest BCUT2D eigenvalue weighted by Gasteiger charge is -2.36. The molecule has 276 valence electrons. The summed E-state index contributed by atoms with van der Waals surface area (Å²) in [6.45, 7) is 12.9. The van der Waals surface area contributed by atoms with Crippen molar-refractivity contribution in [1.29, 1.82) is 0 Å². The fourth-order valence-corrected chi connectivity index (χ4v) is 8.50. The predicted octanol–water partition coefficient (Wildman–Crippen LogP) is 3.90. The van der Waals surface area contributed by atoms with E-state index in [1.165, 1.54) is 11.0 Å². The molecule has 1 aromatic carbocycles. The molecular weight excluding hydrogens is 675 g/mol. The molecule has 4 amide bonds. The van der Waals surface area contributed by atoms with E-state index in [1.54, 1.807) is 6.20 Å². The predicted molar refractivity (Wildman–Crippen MR) is 190 cm³/mol. The van der Waals surface area contributed by atoms with Crippen LogP contribution in [-0.4, -0.2) is 83.2 Å². The van der Waals surface area contributed by atoms with Crippen LogP contribution in [0, 0.1) is 11.3 Å². The summed E-state index contributed by atoms with van der Waals surface area (Å²) in [5, 5.41) is 6.70. The van der Waals surface area contributed by atoms with Gasteiger partial charge >= 0.3 is 6.09 Å². The zero-order chi connectivity index (χ0) is 36.9. The second kappa shape index (κ2) is 13.4. The van der Waals surface area contributed by atoms with Crippen LogP contribution in [0.3, 0.4) is 0 Å². The highest BCUT2D eigenvalue weighted by Gasteiger charge is 2.62. The fourth-order valence-electron chi connectivity index (χ4n) is 7.13. The Balaban J connectivity index is 1.34. The zero-order valence-corrected chi connectivity index (χ0v) is 30.8. The lowest BCUT2D eigenvalue weighted by atomic mass is 9.85. The lowest BCUT2D eigenvalue weighted by Crippen LogP contribution is -2.60. The summed E-state index contributed by atoms with van der Waals surface area (Å²) in [5.41, 5.74) is -2.03. The van der Waals surface area contributed by atoms with Crippen LogP contribution in [0.5, 0.6) is 5.88 Å². The Morgan fingerprint density at radius 2 is 1.88 bits per heavy atom. The molecule has 2 aromatic rings. The maximum Gasteiger partial charge on any atom is 0.408 e. The third kappa shape index (κ3) is 7.85. The Bertz CT molecular complexity index is 1850. The molecule has 3 N–H and O–H groups in total. The Morgan fingerprint density at radius 3 is 2.55 bits per heavy atom. The van der Waals surface area contributed by atoms with Crippen LogP contribution in [0.15, 0.2) is 43.1 Å². The van der Waals surface area contributed by atoms with E-state index in [1.807, 2.05) is 52.8 Å². The quantitative estimate of drug-likeness (QED) is 0.374. The molecule has 2 aliphatic heterocycles. The minimum Gasteiger partial charge on any atom is -0.472 e. The summed E-state index contributed by atoms with van der Waals surface area (Å²) in [6.07, 6.45) is 5.97. The monoisotopic (exact) mass is 723 g/mol. The van der Waals surface area contributed by atoms with Gasteiger partial charge in [-0.05, 0) is 87.3 Å². The van der Waals surface area contributed by atoms with Gasteiger partial charge in [0.2, 0.25) is 27.7 Å². The van der Waals surface area contributed by atoms with Crippen molar-refractivity contribution in [1.82, 2.24) is 25.2 Å². The molecule has 14 heteroatoms. The first-order valence-corrected chi connectivity index (χ1v) is 19.3. The molecule has 3 fully saturated rings. The number of fused-ring (bicyclic) bond motifs is 3. The van der Waals surface area contributed by atoms with Crippen molar-refractivity contribution in [2.24, 2.45) is 11.3 Å². The Labute approximate surface area is 299 Å². The highest BCUT2D eigenvalue weighted by atomic mass is 32.2. The van der Waals surface area contributed by atoms with E-state index in [-0.39, 0.29) is 19.4 Å². The zero-order valence-electron chi connectivity index (χ0n) is 30.0. The van der Waals surface area contributed by atoms with Gasteiger partial charge in [0.15, 0.2) is 0 Å². The summed E-state index contributed by atoms with van der Waals surface area (Å²) in [5.74, 6) is -2.13. The molecule has 0 unspecified atom stereocenters. The van der Waals surface area contributed by atoms with Gasteiger partial charge in [0, 0.05) is 23.9 Å². The van der Waals surface area contributed by atoms with Gasteiger partial charge in [-0.3, -0.25) is 19.1 Å². The van der Waals surface area contributed by atoms with Crippen molar-refractivity contribution >= 4 is 44.6 Å². The normalized spacial score (nSPS) is 28.5. The number of hydrogen-bond acceptors (Lipinski definition) is 9. The number of hydrogen-bond donors (Lipinski definition) is 3. The van der Waals surface area contributed by atoms with Gasteiger partial charge in [0.1, 0.15) is 29.3 Å². The standard InChI is InChI=1S/C37H49N5O8S/c1-7-24-20-37(24,33(45)41-51(47,48)26-13-14-26)40-30(43)28-19-25-21-42(28)32(44)29(35(2,3)4)39-34(46)50-36(5,6)16-9-8-10-22-11-12-23-15-17-38-31(49-25)27(23)18-22/h7,11-12,15,17-18,24-26,28-29H,1,8-10,13-14,16,19-21H2,2-6H3,(H,39,46)(H,40,43)(H,41,45)/t24-,25-,28+,29-,37-/m1/s1. The second-order valence-electron chi connectivity index (χ2n) is 16.1. The van der Waals surface area contributed by atoms with E-state index in [0.29, 0.717) is 25.1 Å². The molecule has 3 heterocycles. The number of nitrogens with zero attached hydrogens (tertiary/aromatic N) is 2. The van der Waals surface area contributed by atoms with E-state index in [2.05, 4.69) is 33.0 Å². The molecule has 1 saturated heterocycles. The number of rotatable bonds is 6. The third-order valence-corrected chi connectivity index (χ3v) is 12.2. The average Bonchev–Trinajstić information content (AvgIpc) is 3.97. The van der Waals surface area contributed by atoms with Crippen molar-refractivity contribution in [3.63, 3.8) is 0 Å². The molecule has 51 heavy (non-hydrogen) atoms. The summed E-state index contributed by atoms with van der Waals surface area (Å²) < 4.78 is 39.8. The number of aryl methyl sites for hydroxylation is 1. The number of amides is 4. The van der Waals surface area contributed by atoms with Crippen LogP contribution in [0.2, 0.25) is 0 Å². The first-order chi connectivity index (χ1) is 23.9. The van der Waals surface area contributed by atoms with Gasteiger partial charge < -0.3 is 25.0 Å². The summed E-state index contributed by atoms with van der Waals surface area (Å²) in [7, 11) is -3.89. The first kappa shape index (κ1) is 36.6. The number of carbonyl (C=O) groups excluding carboxylic acids is 4. The van der Waals surface area contributed by atoms with Crippen molar-refractivity contribution in [3.8, 4) is 5.88 Å². The van der Waals surface area contributed by atoms with Crippen LogP contribution >= 0.6 is 0 Å². The van der Waals surface area contributed by atoms with E-state index in [9.17, 15) is 27.6 Å². The number of alkyl carbamates (subject to hydrolysis) is 1. The number of nitrogens with one attached hydrogen (secondary N) is 3. The van der Waals surface area contributed by atoms with Crippen LogP contribution < -0.4 is 20.1 Å². The number of pyridine rings is 1. The topological polar surface area (TPSA) is 173 Å². The van der Waals surface area contributed by atoms with Crippen molar-refractivity contribution in [2.45, 2.75) is 121 Å². The number of ether oxygens (including phenoxy) is 2. The van der Waals surface area contributed by atoms with Crippen molar-refractivity contribution in [2.75, 3.05) is 6.54 Å². The van der Waals surface area contributed by atoms with Crippen molar-refractivity contribution < 1.29 is 37.1 Å². The third-order valence-electron chi connectivity index (χ3n) is 10.4. The molecule has 0 spiro atoms. The lowest BCUT2D eigenvalue weighted by molar-refractivity contribution is -0.143. The molecule has 2 saturated carbocycles. The van der Waals surface area contributed by atoms with E-state index in [4.69, 9.17) is 9.47 Å². The van der Waals surface area contributed by atoms with Crippen LogP contribution in [0.4, 0.5) is 4.79 Å². The number of cyclic esters (lactones) is 1. The fraction of sp³-hybridized carbons (Fsp3) is 0.595. The van der Waals surface area contributed by atoms with Crippen LogP contribution in [0.25, 0.3) is 10.8 Å². The minimum atomic E-state index is -3.89. The maximum absolute atomic E-state index is 14.5. The van der Waals surface area contributed by atoms with Gasteiger partial charge in [-0.2, -0.15) is 0 Å². The molecule has 0 radical (unpaired) electrons. The molecular formula is C37H49N5O8S. The summed E-state index contributed by atoms with van der Waals surface area (Å²) in [6, 6.07) is 5.82. The van der Waals surface area contributed by atoms with E-state index < -0.39 is 79.7 Å². The molecule has 1 aromatic heterocycles. The molecule has 13 nitrogen and oxygen atoms in total. The second-order valence-corrected chi connectivity index (χ2v) is 18.1. The van der Waals surface area contributed by atoms with Gasteiger partial charge in [-0.1, -0.05) is 39.0 Å². The van der Waals surface area contributed by atoms with Gasteiger partial charge in [-0.25, -0.2) is 18.2 Å². The molecule has 5 atom stereocenters. The smallest absolute Gasteiger partial charge is 0.408 e. The van der Waals surface area contributed by atoms with Crippen LogP contribution in [-0.2, 0) is 35.6 Å². The number of aromatic nitrogens is 1. The van der Waals surface area contributed by atoms with E-state index >= 15 is 0 Å². The highest BCUT2D eigenvalue weighted by Crippen LogP contribution is 2.45. The molecule has 6 rings (SSSR count).